The Hall–Kier alpha value is -1.07. The quantitative estimate of drug-likeness (QED) is 0.799. The van der Waals surface area contributed by atoms with Crippen molar-refractivity contribution in [1.82, 2.24) is 0 Å². The summed E-state index contributed by atoms with van der Waals surface area (Å²) in [7, 11) is 0. The van der Waals surface area contributed by atoms with Gasteiger partial charge in [-0.1, -0.05) is 36.7 Å². The number of carboxylic acids is 1. The molecule has 0 bridgehead atoms. The number of carbonyl (C=O) groups is 1. The van der Waals surface area contributed by atoms with E-state index in [0.29, 0.717) is 5.56 Å². The molecule has 4 N–H and O–H groups in total. The highest BCUT2D eigenvalue weighted by atomic mass is 79.9. The number of phenolic OH excluding ortho intramolecular Hbond substituents is 1. The van der Waals surface area contributed by atoms with E-state index in [0.717, 1.165) is 10.0 Å². The summed E-state index contributed by atoms with van der Waals surface area (Å²) in [6.45, 7) is 5.94. The van der Waals surface area contributed by atoms with E-state index in [9.17, 15) is 9.90 Å². The Labute approximate surface area is 115 Å². The van der Waals surface area contributed by atoms with Crippen molar-refractivity contribution in [1.29, 1.82) is 0 Å². The minimum Gasteiger partial charge on any atom is -0.507 e. The van der Waals surface area contributed by atoms with Gasteiger partial charge in [-0.3, -0.25) is 4.79 Å². The number of nitrogens with two attached hydrogens (primary N) is 1. The Morgan fingerprint density at radius 2 is 2.00 bits per heavy atom. The van der Waals surface area contributed by atoms with E-state index < -0.39 is 12.0 Å². The largest absolute Gasteiger partial charge is 0.507 e. The van der Waals surface area contributed by atoms with Crippen LogP contribution in [-0.2, 0) is 16.6 Å². The topological polar surface area (TPSA) is 83.6 Å². The number of benzene rings is 1. The average molecular weight is 316 g/mol. The first-order chi connectivity index (χ1) is 8.12. The van der Waals surface area contributed by atoms with Crippen molar-refractivity contribution in [3.8, 4) is 5.75 Å². The summed E-state index contributed by atoms with van der Waals surface area (Å²) in [5.74, 6) is -0.950. The van der Waals surface area contributed by atoms with Crippen LogP contribution in [0.4, 0.5) is 0 Å². The fraction of sp³-hybridized carbons (Fsp3) is 0.462. The molecule has 0 saturated heterocycles. The Bertz CT molecular complexity index is 466. The maximum Gasteiger partial charge on any atom is 0.320 e. The fourth-order valence-electron chi connectivity index (χ4n) is 1.71. The lowest BCUT2D eigenvalue weighted by molar-refractivity contribution is -0.138. The Morgan fingerprint density at radius 3 is 2.44 bits per heavy atom. The molecule has 0 aromatic heterocycles. The van der Waals surface area contributed by atoms with Crippen LogP contribution < -0.4 is 5.73 Å². The van der Waals surface area contributed by atoms with Crippen LogP contribution in [0.2, 0.25) is 0 Å². The van der Waals surface area contributed by atoms with E-state index >= 15 is 0 Å². The first kappa shape index (κ1) is 15.0. The minimum atomic E-state index is -1.08. The molecule has 18 heavy (non-hydrogen) atoms. The van der Waals surface area contributed by atoms with E-state index in [2.05, 4.69) is 15.9 Å². The second kappa shape index (κ2) is 5.28. The predicted molar refractivity (Wildman–Crippen MR) is 73.8 cm³/mol. The highest BCUT2D eigenvalue weighted by Gasteiger charge is 2.23. The van der Waals surface area contributed by atoms with Gasteiger partial charge in [0, 0.05) is 16.5 Å². The smallest absolute Gasteiger partial charge is 0.320 e. The van der Waals surface area contributed by atoms with Gasteiger partial charge in [0.25, 0.3) is 0 Å². The van der Waals surface area contributed by atoms with Gasteiger partial charge < -0.3 is 15.9 Å². The molecule has 0 spiro atoms. The van der Waals surface area contributed by atoms with E-state index in [1.165, 1.54) is 0 Å². The second-order valence-corrected chi connectivity index (χ2v) is 6.28. The molecule has 0 amide bonds. The third-order valence-electron chi connectivity index (χ3n) is 2.72. The molecule has 1 rings (SSSR count). The summed E-state index contributed by atoms with van der Waals surface area (Å²) in [5.41, 5.74) is 6.59. The number of hydrogen-bond donors (Lipinski definition) is 3. The molecule has 1 aromatic rings. The Morgan fingerprint density at radius 1 is 1.44 bits per heavy atom. The van der Waals surface area contributed by atoms with Gasteiger partial charge in [0.1, 0.15) is 11.8 Å². The highest BCUT2D eigenvalue weighted by Crippen LogP contribution is 2.36. The zero-order valence-electron chi connectivity index (χ0n) is 10.7. The van der Waals surface area contributed by atoms with Crippen LogP contribution in [0.15, 0.2) is 16.6 Å². The standard InChI is InChI=1S/C13H18BrNO3/c1-13(2,3)9-6-8(14)4-7(11(9)16)5-10(15)12(17)18/h4,6,10,16H,5,15H2,1-3H3,(H,17,18). The molecule has 0 aliphatic carbocycles. The molecule has 100 valence electrons. The van der Waals surface area contributed by atoms with Gasteiger partial charge in [-0.25, -0.2) is 0 Å². The lowest BCUT2D eigenvalue weighted by Gasteiger charge is -2.23. The van der Waals surface area contributed by atoms with Crippen molar-refractivity contribution in [2.75, 3.05) is 0 Å². The van der Waals surface area contributed by atoms with Gasteiger partial charge in [-0.05, 0) is 23.1 Å². The summed E-state index contributed by atoms with van der Waals surface area (Å²) in [4.78, 5) is 10.8. The van der Waals surface area contributed by atoms with Crippen molar-refractivity contribution < 1.29 is 15.0 Å². The van der Waals surface area contributed by atoms with Gasteiger partial charge in [0.2, 0.25) is 0 Å². The number of halogens is 1. The molecule has 1 unspecified atom stereocenters. The second-order valence-electron chi connectivity index (χ2n) is 5.36. The lowest BCUT2D eigenvalue weighted by Crippen LogP contribution is -2.32. The third-order valence-corrected chi connectivity index (χ3v) is 3.18. The first-order valence-electron chi connectivity index (χ1n) is 5.63. The maximum atomic E-state index is 10.8. The molecule has 5 heteroatoms. The van der Waals surface area contributed by atoms with Crippen LogP contribution in [0.1, 0.15) is 31.9 Å². The molecular formula is C13H18BrNO3. The van der Waals surface area contributed by atoms with Gasteiger partial charge in [0.15, 0.2) is 0 Å². The van der Waals surface area contributed by atoms with Crippen molar-refractivity contribution in [2.45, 2.75) is 38.6 Å². The molecule has 0 aliphatic heterocycles. The molecule has 1 atom stereocenters. The number of rotatable bonds is 3. The number of phenols is 1. The van der Waals surface area contributed by atoms with Crippen molar-refractivity contribution in [2.24, 2.45) is 5.73 Å². The van der Waals surface area contributed by atoms with Gasteiger partial charge >= 0.3 is 5.97 Å². The Balaban J connectivity index is 3.22. The van der Waals surface area contributed by atoms with Crippen LogP contribution in [0.5, 0.6) is 5.75 Å². The van der Waals surface area contributed by atoms with Gasteiger partial charge in [-0.2, -0.15) is 0 Å². The van der Waals surface area contributed by atoms with E-state index in [1.807, 2.05) is 26.8 Å². The normalized spacial score (nSPS) is 13.4. The number of hydrogen-bond acceptors (Lipinski definition) is 3. The average Bonchev–Trinajstić information content (AvgIpc) is 2.21. The Kier molecular flexibility index (Phi) is 4.40. The van der Waals surface area contributed by atoms with Crippen LogP contribution >= 0.6 is 15.9 Å². The number of carboxylic acid groups (broad SMARTS) is 1. The van der Waals surface area contributed by atoms with Gasteiger partial charge in [0.05, 0.1) is 0 Å². The zero-order chi connectivity index (χ0) is 14.1. The summed E-state index contributed by atoms with van der Waals surface area (Å²) in [5, 5.41) is 19.0. The van der Waals surface area contributed by atoms with Crippen molar-refractivity contribution >= 4 is 21.9 Å². The van der Waals surface area contributed by atoms with E-state index in [4.69, 9.17) is 10.8 Å². The number of aromatic hydroxyl groups is 1. The summed E-state index contributed by atoms with van der Waals surface area (Å²) >= 11 is 3.37. The van der Waals surface area contributed by atoms with Crippen LogP contribution in [0.25, 0.3) is 0 Å². The first-order valence-corrected chi connectivity index (χ1v) is 6.42. The molecule has 4 nitrogen and oxygen atoms in total. The third kappa shape index (κ3) is 3.46. The molecular weight excluding hydrogens is 298 g/mol. The van der Waals surface area contributed by atoms with Crippen LogP contribution in [0.3, 0.4) is 0 Å². The van der Waals surface area contributed by atoms with E-state index in [-0.39, 0.29) is 17.6 Å². The lowest BCUT2D eigenvalue weighted by atomic mass is 9.84. The summed E-state index contributed by atoms with van der Waals surface area (Å²) in [6.07, 6.45) is 0.101. The molecule has 0 aliphatic rings. The molecule has 0 heterocycles. The molecule has 0 fully saturated rings. The maximum absolute atomic E-state index is 10.8. The highest BCUT2D eigenvalue weighted by molar-refractivity contribution is 9.10. The molecule has 1 aromatic carbocycles. The minimum absolute atomic E-state index is 0.101. The monoisotopic (exact) mass is 315 g/mol. The summed E-state index contributed by atoms with van der Waals surface area (Å²) in [6, 6.07) is 2.52. The molecule has 0 radical (unpaired) electrons. The SMILES string of the molecule is CC(C)(C)c1cc(Br)cc(CC(N)C(=O)O)c1O. The molecule has 0 saturated carbocycles. The van der Waals surface area contributed by atoms with Crippen LogP contribution in [-0.4, -0.2) is 22.2 Å². The summed E-state index contributed by atoms with van der Waals surface area (Å²) < 4.78 is 0.804. The number of aliphatic carboxylic acids is 1. The van der Waals surface area contributed by atoms with Crippen molar-refractivity contribution in [3.63, 3.8) is 0 Å². The fourth-order valence-corrected chi connectivity index (χ4v) is 2.21. The predicted octanol–water partition coefficient (Wildman–Crippen LogP) is 2.41. The van der Waals surface area contributed by atoms with Crippen molar-refractivity contribution in [3.05, 3.63) is 27.7 Å². The van der Waals surface area contributed by atoms with Gasteiger partial charge in [-0.15, -0.1) is 0 Å². The zero-order valence-corrected chi connectivity index (χ0v) is 12.3. The van der Waals surface area contributed by atoms with E-state index in [1.54, 1.807) is 6.07 Å². The van der Waals surface area contributed by atoms with Crippen LogP contribution in [0, 0.1) is 0 Å².